The summed E-state index contributed by atoms with van der Waals surface area (Å²) in [6.45, 7) is 1.25. The fourth-order valence-electron chi connectivity index (χ4n) is 1.25. The molecule has 1 N–H and O–H groups in total. The van der Waals surface area contributed by atoms with Gasteiger partial charge in [-0.2, -0.15) is 5.26 Å². The summed E-state index contributed by atoms with van der Waals surface area (Å²) in [5.41, 5.74) is -0.121. The highest BCUT2D eigenvalue weighted by Crippen LogP contribution is 2.11. The lowest BCUT2D eigenvalue weighted by Gasteiger charge is -2.02. The number of hydrogen-bond donors (Lipinski definition) is 1. The molecule has 0 aliphatic heterocycles. The molecule has 0 unspecified atom stereocenters. The number of ketones is 1. The summed E-state index contributed by atoms with van der Waals surface area (Å²) in [4.78, 5) is 11.5. The van der Waals surface area contributed by atoms with Crippen LogP contribution in [-0.4, -0.2) is 10.9 Å². The van der Waals surface area contributed by atoms with Gasteiger partial charge in [-0.25, -0.2) is 4.39 Å². The van der Waals surface area contributed by atoms with E-state index in [1.54, 1.807) is 12.1 Å². The lowest BCUT2D eigenvalue weighted by atomic mass is 10.0. The lowest BCUT2D eigenvalue weighted by Crippen LogP contribution is -2.08. The van der Waals surface area contributed by atoms with Gasteiger partial charge in [0.15, 0.2) is 5.78 Å². The van der Waals surface area contributed by atoms with Crippen molar-refractivity contribution in [1.29, 1.82) is 5.26 Å². The molecule has 82 valence electrons. The van der Waals surface area contributed by atoms with Gasteiger partial charge in [0.25, 0.3) is 0 Å². The lowest BCUT2D eigenvalue weighted by molar-refractivity contribution is -0.114. The van der Waals surface area contributed by atoms with Gasteiger partial charge < -0.3 is 5.11 Å². The Kier molecular flexibility index (Phi) is 3.78. The predicted molar refractivity (Wildman–Crippen MR) is 56.1 cm³/mol. The maximum Gasteiger partial charge on any atom is 0.181 e. The fraction of sp³-hybridized carbons (Fsp3) is 0.167. The monoisotopic (exact) mass is 219 g/mol. The first-order valence-corrected chi connectivity index (χ1v) is 4.62. The first-order valence-electron chi connectivity index (χ1n) is 4.62. The Morgan fingerprint density at radius 2 is 2.12 bits per heavy atom. The molecule has 4 heteroatoms. The largest absolute Gasteiger partial charge is 0.511 e. The van der Waals surface area contributed by atoms with Crippen LogP contribution in [0.1, 0.15) is 12.5 Å². The summed E-state index contributed by atoms with van der Waals surface area (Å²) in [6, 6.07) is 7.43. The van der Waals surface area contributed by atoms with Gasteiger partial charge in [0.1, 0.15) is 23.2 Å². The van der Waals surface area contributed by atoms with Crippen LogP contribution in [0.3, 0.4) is 0 Å². The maximum atomic E-state index is 13.2. The van der Waals surface area contributed by atoms with Crippen molar-refractivity contribution in [1.82, 2.24) is 0 Å². The van der Waals surface area contributed by atoms with E-state index in [0.717, 1.165) is 0 Å². The van der Waals surface area contributed by atoms with E-state index in [9.17, 15) is 9.18 Å². The molecule has 0 fully saturated rings. The van der Waals surface area contributed by atoms with Gasteiger partial charge >= 0.3 is 0 Å². The number of benzene rings is 1. The topological polar surface area (TPSA) is 61.1 Å². The molecule has 0 heterocycles. The molecule has 1 aromatic carbocycles. The molecule has 0 aliphatic carbocycles. The molecular formula is C12H10FNO2. The maximum absolute atomic E-state index is 13.2. The summed E-state index contributed by atoms with van der Waals surface area (Å²) >= 11 is 0. The van der Waals surface area contributed by atoms with Crippen LogP contribution in [0.25, 0.3) is 0 Å². The van der Waals surface area contributed by atoms with Crippen LogP contribution < -0.4 is 0 Å². The number of rotatable bonds is 3. The average molecular weight is 219 g/mol. The molecule has 0 saturated carbocycles. The smallest absolute Gasteiger partial charge is 0.181 e. The Morgan fingerprint density at radius 3 is 2.62 bits per heavy atom. The summed E-state index contributed by atoms with van der Waals surface area (Å²) < 4.78 is 13.2. The highest BCUT2D eigenvalue weighted by atomic mass is 19.1. The molecule has 0 spiro atoms. The van der Waals surface area contributed by atoms with Crippen LogP contribution in [0.15, 0.2) is 35.6 Å². The molecule has 1 rings (SSSR count). The van der Waals surface area contributed by atoms with Crippen LogP contribution in [-0.2, 0) is 11.2 Å². The Hall–Kier alpha value is -2.15. The molecule has 1 aromatic rings. The number of Topliss-reactive ketones (excluding diaryl/α,β-unsaturated/α-hetero) is 1. The van der Waals surface area contributed by atoms with Gasteiger partial charge in [0, 0.05) is 6.42 Å². The molecule has 0 saturated heterocycles. The van der Waals surface area contributed by atoms with Crippen molar-refractivity contribution in [2.24, 2.45) is 0 Å². The number of nitrogens with zero attached hydrogens (tertiary/aromatic N) is 1. The van der Waals surface area contributed by atoms with Crippen molar-refractivity contribution in [2.45, 2.75) is 13.3 Å². The van der Waals surface area contributed by atoms with Crippen LogP contribution in [0.5, 0.6) is 0 Å². The minimum atomic E-state index is -0.590. The van der Waals surface area contributed by atoms with Gasteiger partial charge in [-0.05, 0) is 18.6 Å². The standard InChI is InChI=1S/C12H10FNO2/c1-8(15)10(7-14)12(16)6-9-4-2-3-5-11(9)13/h2-5,15H,6H2,1H3/b10-8-. The highest BCUT2D eigenvalue weighted by molar-refractivity contribution is 6.00. The van der Waals surface area contributed by atoms with Crippen molar-refractivity contribution in [3.05, 3.63) is 47.0 Å². The van der Waals surface area contributed by atoms with E-state index in [2.05, 4.69) is 0 Å². The first kappa shape index (κ1) is 11.9. The zero-order chi connectivity index (χ0) is 12.1. The SMILES string of the molecule is C/C(O)=C(\C#N)C(=O)Cc1ccccc1F. The van der Waals surface area contributed by atoms with E-state index in [1.807, 2.05) is 0 Å². The third-order valence-corrected chi connectivity index (χ3v) is 2.06. The van der Waals surface area contributed by atoms with E-state index in [0.29, 0.717) is 0 Å². The van der Waals surface area contributed by atoms with Crippen molar-refractivity contribution in [2.75, 3.05) is 0 Å². The van der Waals surface area contributed by atoms with Crippen LogP contribution >= 0.6 is 0 Å². The summed E-state index contributed by atoms with van der Waals surface area (Å²) in [7, 11) is 0. The molecule has 3 nitrogen and oxygen atoms in total. The van der Waals surface area contributed by atoms with E-state index >= 15 is 0 Å². The van der Waals surface area contributed by atoms with E-state index in [4.69, 9.17) is 10.4 Å². The highest BCUT2D eigenvalue weighted by Gasteiger charge is 2.14. The minimum absolute atomic E-state index is 0.210. The third-order valence-electron chi connectivity index (χ3n) is 2.06. The molecule has 0 aliphatic rings. The Labute approximate surface area is 92.4 Å². The fourth-order valence-corrected chi connectivity index (χ4v) is 1.25. The van der Waals surface area contributed by atoms with Gasteiger partial charge in [0.2, 0.25) is 0 Å². The number of aliphatic hydroxyl groups is 1. The number of carbonyl (C=O) groups is 1. The van der Waals surface area contributed by atoms with E-state index in [1.165, 1.54) is 25.1 Å². The van der Waals surface area contributed by atoms with Gasteiger partial charge in [-0.3, -0.25) is 4.79 Å². The molecule has 0 bridgehead atoms. The average Bonchev–Trinajstić information content (AvgIpc) is 2.22. The van der Waals surface area contributed by atoms with Crippen molar-refractivity contribution in [3.63, 3.8) is 0 Å². The number of hydrogen-bond acceptors (Lipinski definition) is 3. The minimum Gasteiger partial charge on any atom is -0.511 e. The quantitative estimate of drug-likeness (QED) is 0.482. The molecule has 0 radical (unpaired) electrons. The zero-order valence-electron chi connectivity index (χ0n) is 8.70. The second-order valence-corrected chi connectivity index (χ2v) is 3.26. The van der Waals surface area contributed by atoms with Crippen molar-refractivity contribution >= 4 is 5.78 Å². The first-order chi connectivity index (χ1) is 7.56. The number of allylic oxidation sites excluding steroid dienone is 2. The molecule has 0 atom stereocenters. The molecule has 16 heavy (non-hydrogen) atoms. The Bertz CT molecular complexity index is 482. The van der Waals surface area contributed by atoms with Crippen molar-refractivity contribution < 1.29 is 14.3 Å². The predicted octanol–water partition coefficient (Wildman–Crippen LogP) is 2.29. The number of aliphatic hydroxyl groups excluding tert-OH is 1. The van der Waals surface area contributed by atoms with Crippen LogP contribution in [0.2, 0.25) is 0 Å². The normalized spacial score (nSPS) is 11.6. The van der Waals surface area contributed by atoms with Gasteiger partial charge in [-0.1, -0.05) is 18.2 Å². The number of nitriles is 1. The van der Waals surface area contributed by atoms with Gasteiger partial charge in [0.05, 0.1) is 0 Å². The number of halogens is 1. The second kappa shape index (κ2) is 5.08. The summed E-state index contributed by atoms with van der Waals surface area (Å²) in [5.74, 6) is -1.43. The van der Waals surface area contributed by atoms with E-state index in [-0.39, 0.29) is 23.3 Å². The summed E-state index contributed by atoms with van der Waals surface area (Å²) in [5, 5.41) is 17.7. The van der Waals surface area contributed by atoms with E-state index < -0.39 is 11.6 Å². The molecule has 0 amide bonds. The van der Waals surface area contributed by atoms with Crippen LogP contribution in [0, 0.1) is 17.1 Å². The number of carbonyl (C=O) groups excluding carboxylic acids is 1. The second-order valence-electron chi connectivity index (χ2n) is 3.26. The summed E-state index contributed by atoms with van der Waals surface area (Å²) in [6.07, 6.45) is -0.229. The van der Waals surface area contributed by atoms with Crippen LogP contribution in [0.4, 0.5) is 4.39 Å². The molecular weight excluding hydrogens is 209 g/mol. The Morgan fingerprint density at radius 1 is 1.50 bits per heavy atom. The third kappa shape index (κ3) is 2.67. The van der Waals surface area contributed by atoms with Crippen molar-refractivity contribution in [3.8, 4) is 6.07 Å². The van der Waals surface area contributed by atoms with Gasteiger partial charge in [-0.15, -0.1) is 0 Å². The molecule has 0 aromatic heterocycles. The Balaban J connectivity index is 2.93. The zero-order valence-corrected chi connectivity index (χ0v) is 8.70.